The molecule has 0 radical (unpaired) electrons. The first-order chi connectivity index (χ1) is 13.4. The highest BCUT2D eigenvalue weighted by atomic mass is 16.5. The van der Waals surface area contributed by atoms with Crippen LogP contribution in [-0.4, -0.2) is 11.6 Å². The maximum absolute atomic E-state index is 6.04. The highest BCUT2D eigenvalue weighted by Crippen LogP contribution is 2.36. The third kappa shape index (κ3) is 3.80. The van der Waals surface area contributed by atoms with E-state index in [0.717, 1.165) is 35.2 Å². The van der Waals surface area contributed by atoms with Crippen molar-refractivity contribution in [3.05, 3.63) is 72.8 Å². The molecular weight excluding hydrogens is 330 g/mol. The maximum atomic E-state index is 6.04. The second-order valence-corrected chi connectivity index (χ2v) is 6.96. The Bertz CT molecular complexity index is 1040. The third-order valence-electron chi connectivity index (χ3n) is 4.98. The van der Waals surface area contributed by atoms with E-state index in [2.05, 4.69) is 67.6 Å². The van der Waals surface area contributed by atoms with Crippen molar-refractivity contribution in [1.82, 2.24) is 4.98 Å². The van der Waals surface area contributed by atoms with Crippen LogP contribution >= 0.6 is 0 Å². The largest absolute Gasteiger partial charge is 0.494 e. The van der Waals surface area contributed by atoms with E-state index in [9.17, 15) is 0 Å². The van der Waals surface area contributed by atoms with E-state index >= 15 is 0 Å². The van der Waals surface area contributed by atoms with Gasteiger partial charge in [-0.3, -0.25) is 0 Å². The molecule has 0 atom stereocenters. The van der Waals surface area contributed by atoms with Gasteiger partial charge < -0.3 is 4.74 Å². The number of fused-ring (bicyclic) bond motifs is 2. The summed E-state index contributed by atoms with van der Waals surface area (Å²) in [6.07, 6.45) is 4.85. The minimum Gasteiger partial charge on any atom is -0.494 e. The molecule has 1 aromatic heterocycles. The summed E-state index contributed by atoms with van der Waals surface area (Å²) in [5.41, 5.74) is 4.47. The van der Waals surface area contributed by atoms with Crippen LogP contribution in [0.3, 0.4) is 0 Å². The topological polar surface area (TPSA) is 22.1 Å². The summed E-state index contributed by atoms with van der Waals surface area (Å²) in [7, 11) is 0. The van der Waals surface area contributed by atoms with E-state index in [1.165, 1.54) is 35.8 Å². The summed E-state index contributed by atoms with van der Waals surface area (Å²) >= 11 is 0. The van der Waals surface area contributed by atoms with Gasteiger partial charge in [0.2, 0.25) is 0 Å². The molecular formula is C25H25NO. The van der Waals surface area contributed by atoms with Crippen molar-refractivity contribution >= 4 is 21.8 Å². The highest BCUT2D eigenvalue weighted by molar-refractivity contribution is 6.09. The average molecular weight is 355 g/mol. The molecule has 0 bridgehead atoms. The van der Waals surface area contributed by atoms with Gasteiger partial charge in [-0.2, -0.15) is 0 Å². The zero-order chi connectivity index (χ0) is 18.5. The predicted octanol–water partition coefficient (Wildman–Crippen LogP) is 7.01. The van der Waals surface area contributed by atoms with Crippen LogP contribution in [0.1, 0.15) is 32.6 Å². The van der Waals surface area contributed by atoms with Gasteiger partial charge in [0.05, 0.1) is 17.6 Å². The first-order valence-electron chi connectivity index (χ1n) is 9.87. The lowest BCUT2D eigenvalue weighted by Crippen LogP contribution is -1.97. The first kappa shape index (κ1) is 17.5. The number of nitrogens with zero attached hydrogens (tertiary/aromatic N) is 1. The Morgan fingerprint density at radius 2 is 1.52 bits per heavy atom. The number of hydrogen-bond donors (Lipinski definition) is 0. The molecule has 3 aromatic carbocycles. The van der Waals surface area contributed by atoms with E-state index < -0.39 is 0 Å². The molecule has 136 valence electrons. The van der Waals surface area contributed by atoms with Gasteiger partial charge in [-0.25, -0.2) is 4.98 Å². The SMILES string of the molecule is CCCCCCOc1ccc2nc3ccccc3c(-c3ccccc3)c2c1. The minimum absolute atomic E-state index is 0.771. The van der Waals surface area contributed by atoms with Gasteiger partial charge >= 0.3 is 0 Å². The summed E-state index contributed by atoms with van der Waals surface area (Å²) < 4.78 is 6.04. The molecule has 0 fully saturated rings. The normalized spacial score (nSPS) is 11.1. The lowest BCUT2D eigenvalue weighted by Gasteiger charge is -2.13. The van der Waals surface area contributed by atoms with E-state index in [-0.39, 0.29) is 0 Å². The smallest absolute Gasteiger partial charge is 0.120 e. The summed E-state index contributed by atoms with van der Waals surface area (Å²) in [4.78, 5) is 4.87. The standard InChI is InChI=1S/C25H25NO/c1-2-3-4-10-17-27-20-15-16-24-22(18-20)25(19-11-6-5-7-12-19)21-13-8-9-14-23(21)26-24/h5-9,11-16,18H,2-4,10,17H2,1H3. The number of hydrogen-bond acceptors (Lipinski definition) is 2. The molecule has 2 heteroatoms. The molecule has 0 unspecified atom stereocenters. The van der Waals surface area contributed by atoms with Gasteiger partial charge in [0.25, 0.3) is 0 Å². The summed E-state index contributed by atoms with van der Waals surface area (Å²) in [6.45, 7) is 3.00. The molecule has 0 aliphatic carbocycles. The van der Waals surface area contributed by atoms with Crippen LogP contribution in [-0.2, 0) is 0 Å². The Morgan fingerprint density at radius 1 is 0.741 bits per heavy atom. The van der Waals surface area contributed by atoms with Crippen LogP contribution in [0, 0.1) is 0 Å². The first-order valence-corrected chi connectivity index (χ1v) is 9.87. The van der Waals surface area contributed by atoms with Gasteiger partial charge in [-0.15, -0.1) is 0 Å². The molecule has 0 N–H and O–H groups in total. The average Bonchev–Trinajstić information content (AvgIpc) is 2.72. The number of unbranched alkanes of at least 4 members (excludes halogenated alkanes) is 3. The van der Waals surface area contributed by atoms with Crippen molar-refractivity contribution in [3.63, 3.8) is 0 Å². The van der Waals surface area contributed by atoms with Crippen molar-refractivity contribution in [1.29, 1.82) is 0 Å². The number of benzene rings is 3. The lowest BCUT2D eigenvalue weighted by molar-refractivity contribution is 0.305. The van der Waals surface area contributed by atoms with Gasteiger partial charge in [0.15, 0.2) is 0 Å². The number of ether oxygens (including phenoxy) is 1. The van der Waals surface area contributed by atoms with Crippen molar-refractivity contribution in [2.45, 2.75) is 32.6 Å². The van der Waals surface area contributed by atoms with Crippen LogP contribution in [0.2, 0.25) is 0 Å². The molecule has 4 rings (SSSR count). The third-order valence-corrected chi connectivity index (χ3v) is 4.98. The molecule has 0 amide bonds. The van der Waals surface area contributed by atoms with Crippen molar-refractivity contribution in [2.75, 3.05) is 6.61 Å². The molecule has 0 saturated carbocycles. The fourth-order valence-corrected chi connectivity index (χ4v) is 3.59. The van der Waals surface area contributed by atoms with Crippen LogP contribution in [0.4, 0.5) is 0 Å². The van der Waals surface area contributed by atoms with Gasteiger partial charge in [-0.05, 0) is 36.2 Å². The number of rotatable bonds is 7. The molecule has 0 spiro atoms. The quantitative estimate of drug-likeness (QED) is 0.263. The molecule has 0 aliphatic heterocycles. The molecule has 0 aliphatic rings. The molecule has 4 aromatic rings. The van der Waals surface area contributed by atoms with Gasteiger partial charge in [0, 0.05) is 16.3 Å². The summed E-state index contributed by atoms with van der Waals surface area (Å²) in [6, 6.07) is 25.2. The van der Waals surface area contributed by atoms with Crippen LogP contribution in [0.15, 0.2) is 72.8 Å². The predicted molar refractivity (Wildman–Crippen MR) is 114 cm³/mol. The van der Waals surface area contributed by atoms with E-state index in [4.69, 9.17) is 9.72 Å². The summed E-state index contributed by atoms with van der Waals surface area (Å²) in [5.74, 6) is 0.924. The fraction of sp³-hybridized carbons (Fsp3) is 0.240. The van der Waals surface area contributed by atoms with Crippen molar-refractivity contribution in [2.24, 2.45) is 0 Å². The van der Waals surface area contributed by atoms with Crippen LogP contribution in [0.25, 0.3) is 32.9 Å². The van der Waals surface area contributed by atoms with Gasteiger partial charge in [0.1, 0.15) is 5.75 Å². The maximum Gasteiger partial charge on any atom is 0.120 e. The second kappa shape index (κ2) is 8.22. The lowest BCUT2D eigenvalue weighted by atomic mass is 9.96. The molecule has 27 heavy (non-hydrogen) atoms. The Morgan fingerprint density at radius 3 is 2.37 bits per heavy atom. The van der Waals surface area contributed by atoms with Gasteiger partial charge in [-0.1, -0.05) is 74.7 Å². The zero-order valence-electron chi connectivity index (χ0n) is 15.8. The van der Waals surface area contributed by atoms with E-state index in [1.54, 1.807) is 0 Å². The molecule has 1 heterocycles. The van der Waals surface area contributed by atoms with Crippen molar-refractivity contribution in [3.8, 4) is 16.9 Å². The fourth-order valence-electron chi connectivity index (χ4n) is 3.59. The van der Waals surface area contributed by atoms with Crippen LogP contribution < -0.4 is 4.74 Å². The monoisotopic (exact) mass is 355 g/mol. The van der Waals surface area contributed by atoms with Crippen LogP contribution in [0.5, 0.6) is 5.75 Å². The Hall–Kier alpha value is -2.87. The number of para-hydroxylation sites is 1. The van der Waals surface area contributed by atoms with E-state index in [0.29, 0.717) is 0 Å². The Kier molecular flexibility index (Phi) is 5.34. The zero-order valence-corrected chi connectivity index (χ0v) is 15.8. The van der Waals surface area contributed by atoms with Crippen molar-refractivity contribution < 1.29 is 4.74 Å². The minimum atomic E-state index is 0.771. The second-order valence-electron chi connectivity index (χ2n) is 6.96. The molecule has 2 nitrogen and oxygen atoms in total. The Labute approximate surface area is 160 Å². The Balaban J connectivity index is 1.78. The molecule has 0 saturated heterocycles. The number of pyridine rings is 1. The highest BCUT2D eigenvalue weighted by Gasteiger charge is 2.11. The van der Waals surface area contributed by atoms with E-state index in [1.807, 2.05) is 12.1 Å². The number of aromatic nitrogens is 1. The summed E-state index contributed by atoms with van der Waals surface area (Å²) in [5, 5.41) is 2.32.